The normalized spacial score (nSPS) is 20.8. The van der Waals surface area contributed by atoms with Gasteiger partial charge in [-0.15, -0.1) is 0 Å². The molecule has 7 heterocycles. The second-order valence-corrected chi connectivity index (χ2v) is 11.6. The number of likely N-dealkylation sites (tertiary alicyclic amines) is 1. The molecule has 3 aliphatic rings. The summed E-state index contributed by atoms with van der Waals surface area (Å²) in [5.41, 5.74) is 4.33. The molecule has 2 unspecified atom stereocenters. The van der Waals surface area contributed by atoms with Crippen molar-refractivity contribution in [3.8, 4) is 28.8 Å². The molecule has 11 nitrogen and oxygen atoms in total. The fourth-order valence-corrected chi connectivity index (χ4v) is 6.62. The first-order valence-corrected chi connectivity index (χ1v) is 14.9. The van der Waals surface area contributed by atoms with E-state index in [0.29, 0.717) is 29.9 Å². The molecule has 3 fully saturated rings. The molecule has 0 N–H and O–H groups in total. The molecular formula is C32H36N8O3. The smallest absolute Gasteiger partial charge is 0.212 e. The predicted molar refractivity (Wildman–Crippen MR) is 161 cm³/mol. The molecule has 3 saturated heterocycles. The van der Waals surface area contributed by atoms with Crippen LogP contribution in [0.3, 0.4) is 0 Å². The highest BCUT2D eigenvalue weighted by Crippen LogP contribution is 2.35. The van der Waals surface area contributed by atoms with E-state index in [1.54, 1.807) is 17.8 Å². The Morgan fingerprint density at radius 3 is 2.51 bits per heavy atom. The minimum Gasteiger partial charge on any atom is -0.491 e. The van der Waals surface area contributed by atoms with E-state index in [-0.39, 0.29) is 0 Å². The molecule has 7 rings (SSSR count). The first-order chi connectivity index (χ1) is 21.2. The molecule has 0 spiro atoms. The zero-order valence-corrected chi connectivity index (χ0v) is 24.4. The molecule has 0 aromatic carbocycles. The topological polar surface area (TPSA) is 104 Å². The fraction of sp³-hybridized carbons (Fsp3) is 0.438. The van der Waals surface area contributed by atoms with E-state index < -0.39 is 0 Å². The molecule has 43 heavy (non-hydrogen) atoms. The largest absolute Gasteiger partial charge is 0.491 e. The number of nitriles is 1. The van der Waals surface area contributed by atoms with Crippen LogP contribution in [0.25, 0.3) is 16.6 Å². The van der Waals surface area contributed by atoms with Gasteiger partial charge in [0.25, 0.3) is 0 Å². The lowest BCUT2D eigenvalue weighted by Crippen LogP contribution is -2.38. The van der Waals surface area contributed by atoms with Crippen molar-refractivity contribution in [2.45, 2.75) is 6.54 Å². The number of hydrogen-bond donors (Lipinski definition) is 0. The summed E-state index contributed by atoms with van der Waals surface area (Å²) in [4.78, 5) is 16.5. The Labute approximate surface area is 251 Å². The zero-order chi connectivity index (χ0) is 29.2. The van der Waals surface area contributed by atoms with E-state index in [1.165, 1.54) is 5.56 Å². The average molecular weight is 581 g/mol. The van der Waals surface area contributed by atoms with E-state index in [2.05, 4.69) is 49.1 Å². The number of anilines is 1. The van der Waals surface area contributed by atoms with Crippen LogP contribution in [0.15, 0.2) is 55.1 Å². The average Bonchev–Trinajstić information content (AvgIpc) is 3.75. The number of fused-ring (bicyclic) bond motifs is 2. The van der Waals surface area contributed by atoms with Gasteiger partial charge in [0.2, 0.25) is 5.88 Å². The molecular weight excluding hydrogens is 544 g/mol. The summed E-state index contributed by atoms with van der Waals surface area (Å²) in [6, 6.07) is 12.5. The fourth-order valence-electron chi connectivity index (χ4n) is 6.62. The number of ether oxygens (including phenoxy) is 3. The summed E-state index contributed by atoms with van der Waals surface area (Å²) >= 11 is 0. The van der Waals surface area contributed by atoms with E-state index >= 15 is 0 Å². The molecule has 4 aromatic heterocycles. The SMILES string of the molecule is COc1ccc(CN2CC3CN(c4ccc(-c5cc(OCCN6CCOCC6)cn6ncc(C#N)c56)cn4)CC3C2)cn1. The summed E-state index contributed by atoms with van der Waals surface area (Å²) in [7, 11) is 1.64. The molecule has 4 aromatic rings. The van der Waals surface area contributed by atoms with E-state index in [4.69, 9.17) is 19.2 Å². The highest BCUT2D eigenvalue weighted by atomic mass is 16.5. The van der Waals surface area contributed by atoms with Crippen molar-refractivity contribution < 1.29 is 14.2 Å². The Bertz CT molecular complexity index is 1580. The van der Waals surface area contributed by atoms with Crippen LogP contribution in [0.2, 0.25) is 0 Å². The number of hydrogen-bond acceptors (Lipinski definition) is 10. The monoisotopic (exact) mass is 580 g/mol. The van der Waals surface area contributed by atoms with E-state index in [1.807, 2.05) is 30.7 Å². The lowest BCUT2D eigenvalue weighted by atomic mass is 10.0. The lowest BCUT2D eigenvalue weighted by Gasteiger charge is -2.26. The van der Waals surface area contributed by atoms with Gasteiger partial charge in [-0.3, -0.25) is 9.80 Å². The van der Waals surface area contributed by atoms with Gasteiger partial charge in [0.15, 0.2) is 0 Å². The number of morpholine rings is 1. The van der Waals surface area contributed by atoms with Crippen molar-refractivity contribution in [1.82, 2.24) is 29.4 Å². The highest BCUT2D eigenvalue weighted by Gasteiger charge is 2.40. The summed E-state index contributed by atoms with van der Waals surface area (Å²) in [6.07, 6.45) is 7.27. The minimum atomic E-state index is 0.529. The Balaban J connectivity index is 1.02. The number of nitrogens with zero attached hydrogens (tertiary/aromatic N) is 8. The molecule has 2 atom stereocenters. The third kappa shape index (κ3) is 5.86. The van der Waals surface area contributed by atoms with Gasteiger partial charge in [-0.2, -0.15) is 10.4 Å². The van der Waals surface area contributed by atoms with Crippen molar-refractivity contribution in [2.24, 2.45) is 11.8 Å². The molecule has 11 heteroatoms. The van der Waals surface area contributed by atoms with E-state index in [0.717, 1.165) is 93.8 Å². The second-order valence-electron chi connectivity index (χ2n) is 11.6. The van der Waals surface area contributed by atoms with Gasteiger partial charge in [-0.1, -0.05) is 6.07 Å². The van der Waals surface area contributed by atoms with Gasteiger partial charge in [0.1, 0.15) is 24.2 Å². The van der Waals surface area contributed by atoms with Crippen molar-refractivity contribution >= 4 is 11.3 Å². The number of aromatic nitrogens is 4. The number of rotatable bonds is 9. The summed E-state index contributed by atoms with van der Waals surface area (Å²) in [5.74, 6) is 3.62. The Morgan fingerprint density at radius 1 is 0.977 bits per heavy atom. The number of methoxy groups -OCH3 is 1. The first-order valence-electron chi connectivity index (χ1n) is 14.9. The maximum atomic E-state index is 9.76. The van der Waals surface area contributed by atoms with Crippen LogP contribution in [-0.4, -0.2) is 102 Å². The molecule has 0 radical (unpaired) electrons. The quantitative estimate of drug-likeness (QED) is 0.294. The van der Waals surface area contributed by atoms with Crippen LogP contribution in [-0.2, 0) is 11.3 Å². The van der Waals surface area contributed by atoms with Gasteiger partial charge in [0, 0.05) is 81.9 Å². The maximum absolute atomic E-state index is 9.76. The third-order valence-electron chi connectivity index (χ3n) is 8.84. The molecule has 0 saturated carbocycles. The Hall–Kier alpha value is -4.24. The number of pyridine rings is 3. The van der Waals surface area contributed by atoms with Crippen LogP contribution in [0, 0.1) is 23.2 Å². The zero-order valence-electron chi connectivity index (χ0n) is 24.4. The highest BCUT2D eigenvalue weighted by molar-refractivity contribution is 5.85. The first kappa shape index (κ1) is 27.6. The Kier molecular flexibility index (Phi) is 7.80. The predicted octanol–water partition coefficient (Wildman–Crippen LogP) is 2.95. The standard InChI is InChI=1S/C32H36N8O3/c1-41-31-5-2-23(14-35-31)17-38-18-26-20-39(21-27(26)19-38)30-4-3-24(15-34-30)29-12-28(22-40-32(29)25(13-33)16-36-40)43-11-8-37-6-9-42-10-7-37/h2-5,12,14-16,22,26-27H,6-11,17-21H2,1H3. The second kappa shape index (κ2) is 12.2. The third-order valence-corrected chi connectivity index (χ3v) is 8.84. The van der Waals surface area contributed by atoms with Crippen molar-refractivity contribution in [3.05, 3.63) is 66.2 Å². The van der Waals surface area contributed by atoms with Crippen LogP contribution < -0.4 is 14.4 Å². The molecule has 3 aliphatic heterocycles. The Morgan fingerprint density at radius 2 is 1.81 bits per heavy atom. The maximum Gasteiger partial charge on any atom is 0.212 e. The van der Waals surface area contributed by atoms with Crippen LogP contribution >= 0.6 is 0 Å². The summed E-state index contributed by atoms with van der Waals surface area (Å²) in [5, 5.41) is 14.2. The van der Waals surface area contributed by atoms with Crippen molar-refractivity contribution in [2.75, 3.05) is 77.6 Å². The minimum absolute atomic E-state index is 0.529. The van der Waals surface area contributed by atoms with Gasteiger partial charge >= 0.3 is 0 Å². The van der Waals surface area contributed by atoms with E-state index in [9.17, 15) is 5.26 Å². The van der Waals surface area contributed by atoms with Crippen molar-refractivity contribution in [3.63, 3.8) is 0 Å². The summed E-state index contributed by atoms with van der Waals surface area (Å²) in [6.45, 7) is 9.89. The lowest BCUT2D eigenvalue weighted by molar-refractivity contribution is 0.0322. The van der Waals surface area contributed by atoms with Gasteiger partial charge in [-0.05, 0) is 35.6 Å². The van der Waals surface area contributed by atoms with Crippen LogP contribution in [0.1, 0.15) is 11.1 Å². The van der Waals surface area contributed by atoms with Crippen LogP contribution in [0.5, 0.6) is 11.6 Å². The van der Waals surface area contributed by atoms with Crippen molar-refractivity contribution in [1.29, 1.82) is 5.26 Å². The molecule has 0 amide bonds. The molecule has 0 bridgehead atoms. The summed E-state index contributed by atoms with van der Waals surface area (Å²) < 4.78 is 18.5. The molecule has 222 valence electrons. The van der Waals surface area contributed by atoms with Gasteiger partial charge < -0.3 is 19.1 Å². The van der Waals surface area contributed by atoms with Gasteiger partial charge in [0.05, 0.1) is 43.8 Å². The molecule has 0 aliphatic carbocycles. The van der Waals surface area contributed by atoms with Gasteiger partial charge in [-0.25, -0.2) is 14.5 Å². The van der Waals surface area contributed by atoms with Crippen LogP contribution in [0.4, 0.5) is 5.82 Å².